The van der Waals surface area contributed by atoms with E-state index in [-0.39, 0.29) is 22.3 Å². The van der Waals surface area contributed by atoms with Crippen LogP contribution in [0.1, 0.15) is 47.9 Å². The number of benzene rings is 1. The first-order valence-corrected chi connectivity index (χ1v) is 16.6. The fourth-order valence-corrected chi connectivity index (χ4v) is 5.49. The van der Waals surface area contributed by atoms with E-state index in [1.165, 1.54) is 12.5 Å². The molecule has 0 radical (unpaired) electrons. The van der Waals surface area contributed by atoms with Crippen LogP contribution in [0, 0.1) is 0 Å². The molecule has 0 unspecified atom stereocenters. The van der Waals surface area contributed by atoms with Gasteiger partial charge in [0.1, 0.15) is 17.7 Å². The maximum absolute atomic E-state index is 13.2. The first kappa shape index (κ1) is 30.1. The van der Waals surface area contributed by atoms with Gasteiger partial charge in [-0.15, -0.1) is 11.3 Å². The van der Waals surface area contributed by atoms with Crippen LogP contribution in [0.4, 0.5) is 0 Å². The molecule has 1 aromatic carbocycles. The van der Waals surface area contributed by atoms with Crippen LogP contribution in [0.25, 0.3) is 0 Å². The lowest BCUT2D eigenvalue weighted by molar-refractivity contribution is -0.163. The fourth-order valence-electron chi connectivity index (χ4n) is 2.77. The predicted molar refractivity (Wildman–Crippen MR) is 136 cm³/mol. The van der Waals surface area contributed by atoms with Crippen LogP contribution in [0.15, 0.2) is 35.7 Å². The molecule has 0 saturated heterocycles. The van der Waals surface area contributed by atoms with Gasteiger partial charge in [0.25, 0.3) is 10.1 Å². The Morgan fingerprint density at radius 2 is 1.78 bits per heavy atom. The summed E-state index contributed by atoms with van der Waals surface area (Å²) in [6.07, 6.45) is -4.25. The number of ether oxygens (including phenoxy) is 2. The van der Waals surface area contributed by atoms with Gasteiger partial charge in [0.15, 0.2) is 26.2 Å². The Hall–Kier alpha value is -2.16. The summed E-state index contributed by atoms with van der Waals surface area (Å²) >= 11 is 0.876. The number of rotatable bonds is 11. The summed E-state index contributed by atoms with van der Waals surface area (Å²) in [5, 5.41) is 12.3. The number of methoxy groups -OCH3 is 1. The summed E-state index contributed by atoms with van der Waals surface area (Å²) in [4.78, 5) is 29.2. The van der Waals surface area contributed by atoms with Crippen LogP contribution in [0.5, 0.6) is 0 Å². The Bertz CT molecular complexity index is 1140. The van der Waals surface area contributed by atoms with Gasteiger partial charge in [-0.25, -0.2) is 14.6 Å². The number of aromatic nitrogens is 1. The number of aliphatic hydroxyl groups is 1. The topological polar surface area (TPSA) is 138 Å². The van der Waals surface area contributed by atoms with Gasteiger partial charge in [0, 0.05) is 5.38 Å². The van der Waals surface area contributed by atoms with Crippen LogP contribution in [-0.4, -0.2) is 64.3 Å². The molecule has 0 aliphatic heterocycles. The lowest BCUT2D eigenvalue weighted by Crippen LogP contribution is -2.52. The second-order valence-corrected chi connectivity index (χ2v) is 16.9. The number of hydrogen-bond acceptors (Lipinski definition) is 11. The molecular weight excluding hydrogens is 526 g/mol. The SMILES string of the molecule is COC(=O)c1csc([C@@H](OS(C)(=O)=O)[C@@H](O)[C@H](O[Si](C)(C)C(C)(C)C)C(=O)OCc2ccccc2)n1. The number of aliphatic hydroxyl groups excluding tert-OH is 1. The zero-order chi connectivity index (χ0) is 27.3. The lowest BCUT2D eigenvalue weighted by Gasteiger charge is -2.40. The largest absolute Gasteiger partial charge is 0.464 e. The van der Waals surface area contributed by atoms with Crippen LogP contribution in [-0.2, 0) is 39.6 Å². The first-order valence-electron chi connectivity index (χ1n) is 11.0. The Morgan fingerprint density at radius 3 is 2.31 bits per heavy atom. The monoisotopic (exact) mass is 559 g/mol. The van der Waals surface area contributed by atoms with Crippen molar-refractivity contribution in [1.82, 2.24) is 4.98 Å². The summed E-state index contributed by atoms with van der Waals surface area (Å²) in [6, 6.07) is 8.94. The van der Waals surface area contributed by atoms with E-state index >= 15 is 0 Å². The number of nitrogens with zero attached hydrogens (tertiary/aromatic N) is 1. The van der Waals surface area contributed by atoms with E-state index in [2.05, 4.69) is 9.72 Å². The molecular formula is C23H33NO9S2Si. The third kappa shape index (κ3) is 8.18. The van der Waals surface area contributed by atoms with Crippen molar-refractivity contribution >= 4 is 41.7 Å². The third-order valence-electron chi connectivity index (χ3n) is 5.74. The van der Waals surface area contributed by atoms with Crippen molar-refractivity contribution < 1.29 is 41.2 Å². The third-order valence-corrected chi connectivity index (χ3v) is 11.7. The average Bonchev–Trinajstić information content (AvgIpc) is 3.28. The van der Waals surface area contributed by atoms with E-state index in [1.807, 2.05) is 39.9 Å². The molecule has 1 heterocycles. The maximum atomic E-state index is 13.2. The first-order chi connectivity index (χ1) is 16.6. The molecule has 0 aliphatic rings. The molecule has 13 heteroatoms. The van der Waals surface area contributed by atoms with Crippen LogP contribution in [0.3, 0.4) is 0 Å². The van der Waals surface area contributed by atoms with E-state index in [9.17, 15) is 23.1 Å². The van der Waals surface area contributed by atoms with Crippen molar-refractivity contribution in [2.24, 2.45) is 0 Å². The summed E-state index contributed by atoms with van der Waals surface area (Å²) in [6.45, 7) is 9.53. The molecule has 2 aromatic rings. The second kappa shape index (κ2) is 11.9. The Labute approximate surface area is 216 Å². The van der Waals surface area contributed by atoms with Gasteiger partial charge in [0.2, 0.25) is 0 Å². The normalized spacial score (nSPS) is 15.1. The summed E-state index contributed by atoms with van der Waals surface area (Å²) in [5.41, 5.74) is 0.623. The van der Waals surface area contributed by atoms with E-state index < -0.39 is 48.7 Å². The minimum atomic E-state index is -4.13. The zero-order valence-electron chi connectivity index (χ0n) is 21.4. The molecule has 0 saturated carbocycles. The Kier molecular flexibility index (Phi) is 9.96. The fraction of sp³-hybridized carbons (Fsp3) is 0.522. The minimum absolute atomic E-state index is 0.0481. The van der Waals surface area contributed by atoms with Gasteiger partial charge < -0.3 is 19.0 Å². The maximum Gasteiger partial charge on any atom is 0.357 e. The van der Waals surface area contributed by atoms with Gasteiger partial charge in [-0.3, -0.25) is 4.18 Å². The quantitative estimate of drug-likeness (QED) is 0.247. The van der Waals surface area contributed by atoms with Crippen molar-refractivity contribution in [3.63, 3.8) is 0 Å². The van der Waals surface area contributed by atoms with E-state index in [0.29, 0.717) is 0 Å². The van der Waals surface area contributed by atoms with Crippen molar-refractivity contribution in [3.8, 4) is 0 Å². The van der Waals surface area contributed by atoms with Crippen molar-refractivity contribution in [2.75, 3.05) is 13.4 Å². The smallest absolute Gasteiger partial charge is 0.357 e. The highest BCUT2D eigenvalue weighted by Gasteiger charge is 2.47. The molecule has 36 heavy (non-hydrogen) atoms. The molecule has 10 nitrogen and oxygen atoms in total. The summed E-state index contributed by atoms with van der Waals surface area (Å²) < 4.78 is 45.6. The van der Waals surface area contributed by atoms with Gasteiger partial charge in [-0.1, -0.05) is 51.1 Å². The highest BCUT2D eigenvalue weighted by molar-refractivity contribution is 7.86. The number of esters is 2. The van der Waals surface area contributed by atoms with Crippen molar-refractivity contribution in [1.29, 1.82) is 0 Å². The molecule has 0 aliphatic carbocycles. The molecule has 3 atom stereocenters. The van der Waals surface area contributed by atoms with E-state index in [4.69, 9.17) is 13.3 Å². The van der Waals surface area contributed by atoms with Crippen LogP contribution >= 0.6 is 11.3 Å². The highest BCUT2D eigenvalue weighted by atomic mass is 32.2. The van der Waals surface area contributed by atoms with E-state index in [1.54, 1.807) is 24.3 Å². The number of hydrogen-bond donors (Lipinski definition) is 1. The number of carbonyl (C=O) groups is 2. The van der Waals surface area contributed by atoms with Crippen LogP contribution < -0.4 is 0 Å². The summed E-state index contributed by atoms with van der Waals surface area (Å²) in [5.74, 6) is -1.63. The lowest BCUT2D eigenvalue weighted by atomic mass is 10.1. The van der Waals surface area contributed by atoms with Gasteiger partial charge in [-0.2, -0.15) is 8.42 Å². The van der Waals surface area contributed by atoms with Gasteiger partial charge >= 0.3 is 11.9 Å². The standard InChI is InChI=1S/C23H33NO9S2Si/c1-23(2,3)36(6,7)33-19(22(27)31-13-15-11-9-8-10-12-15)17(25)18(32-35(5,28)29)20-24-16(14-34-20)21(26)30-4/h8-12,14,17-19,25H,13H2,1-7H3/t17-,18+,19+/m1/s1. The highest BCUT2D eigenvalue weighted by Crippen LogP contribution is 2.39. The van der Waals surface area contributed by atoms with Gasteiger partial charge in [-0.05, 0) is 23.7 Å². The van der Waals surface area contributed by atoms with Gasteiger partial charge in [0.05, 0.1) is 13.4 Å². The Balaban J connectivity index is 2.46. The predicted octanol–water partition coefficient (Wildman–Crippen LogP) is 3.44. The molecule has 2 rings (SSSR count). The number of thiazole rings is 1. The molecule has 0 amide bonds. The Morgan fingerprint density at radius 1 is 1.17 bits per heavy atom. The number of carbonyl (C=O) groups excluding carboxylic acids is 2. The summed E-state index contributed by atoms with van der Waals surface area (Å²) in [7, 11) is -5.64. The molecule has 0 spiro atoms. The minimum Gasteiger partial charge on any atom is -0.464 e. The zero-order valence-corrected chi connectivity index (χ0v) is 24.0. The molecule has 1 aromatic heterocycles. The second-order valence-electron chi connectivity index (χ2n) is 9.67. The molecule has 200 valence electrons. The van der Waals surface area contributed by atoms with Crippen LogP contribution in [0.2, 0.25) is 18.1 Å². The molecule has 0 fully saturated rings. The average molecular weight is 560 g/mol. The van der Waals surface area contributed by atoms with E-state index in [0.717, 1.165) is 23.2 Å². The van der Waals surface area contributed by atoms with Crippen molar-refractivity contribution in [2.45, 2.75) is 63.8 Å². The molecule has 0 bridgehead atoms. The van der Waals surface area contributed by atoms with Crippen molar-refractivity contribution in [3.05, 3.63) is 52.0 Å². The molecule has 1 N–H and O–H groups in total.